The van der Waals surface area contributed by atoms with Gasteiger partial charge in [0, 0.05) is 6.42 Å². The topological polar surface area (TPSA) is 45.1 Å². The lowest BCUT2D eigenvalue weighted by Gasteiger charge is -2.40. The highest BCUT2D eigenvalue weighted by Gasteiger charge is 2.40. The van der Waals surface area contributed by atoms with Crippen LogP contribution in [0.1, 0.15) is 46.5 Å². The van der Waals surface area contributed by atoms with Crippen LogP contribution in [0.2, 0.25) is 0 Å². The molecule has 4 heteroatoms. The molecule has 2 unspecified atom stereocenters. The van der Waals surface area contributed by atoms with Crippen LogP contribution in [-0.2, 0) is 4.84 Å². The first-order valence-electron chi connectivity index (χ1n) is 7.66. The summed E-state index contributed by atoms with van der Waals surface area (Å²) in [6.07, 6.45) is 6.32. The third-order valence-corrected chi connectivity index (χ3v) is 4.64. The van der Waals surface area contributed by atoms with Gasteiger partial charge in [0.2, 0.25) is 0 Å². The molecule has 0 bridgehead atoms. The van der Waals surface area contributed by atoms with Gasteiger partial charge in [0.05, 0.1) is 17.9 Å². The standard InChI is InChI=1S/C16H28N2O2/c1-12-10-14(18-8-6-5-7-9-18)15(19)16(2,3)11-13(12)17-20-4/h10,14-15,19H,5-9,11H2,1-4H3. The summed E-state index contributed by atoms with van der Waals surface area (Å²) in [6.45, 7) is 8.47. The second kappa shape index (κ2) is 6.27. The molecule has 0 aromatic heterocycles. The minimum Gasteiger partial charge on any atom is -0.399 e. The Kier molecular flexibility index (Phi) is 4.86. The highest BCUT2D eigenvalue weighted by atomic mass is 16.6. The molecule has 2 atom stereocenters. The molecule has 0 saturated carbocycles. The highest BCUT2D eigenvalue weighted by molar-refractivity contribution is 6.00. The molecular formula is C16H28N2O2. The first-order valence-corrected chi connectivity index (χ1v) is 7.66. The normalized spacial score (nSPS) is 33.6. The Balaban J connectivity index is 2.31. The van der Waals surface area contributed by atoms with Crippen molar-refractivity contribution in [2.24, 2.45) is 10.6 Å². The number of hydrogen-bond donors (Lipinski definition) is 1. The van der Waals surface area contributed by atoms with Gasteiger partial charge >= 0.3 is 0 Å². The molecule has 20 heavy (non-hydrogen) atoms. The van der Waals surface area contributed by atoms with Crippen LogP contribution < -0.4 is 0 Å². The summed E-state index contributed by atoms with van der Waals surface area (Å²) in [4.78, 5) is 7.39. The van der Waals surface area contributed by atoms with Crippen LogP contribution in [0.4, 0.5) is 0 Å². The third-order valence-electron chi connectivity index (χ3n) is 4.64. The maximum Gasteiger partial charge on any atom is 0.106 e. The number of nitrogens with zero attached hydrogens (tertiary/aromatic N) is 2. The van der Waals surface area contributed by atoms with E-state index in [0.717, 1.165) is 30.8 Å². The number of oxime groups is 1. The van der Waals surface area contributed by atoms with Crippen LogP contribution in [0.25, 0.3) is 0 Å². The summed E-state index contributed by atoms with van der Waals surface area (Å²) in [6, 6.07) is 0.0925. The predicted octanol–water partition coefficient (Wildman–Crippen LogP) is 2.58. The number of allylic oxidation sites excluding steroid dienone is 1. The van der Waals surface area contributed by atoms with Gasteiger partial charge in [-0.25, -0.2) is 0 Å². The Bertz CT molecular complexity index is 395. The molecule has 0 amide bonds. The summed E-state index contributed by atoms with van der Waals surface area (Å²) < 4.78 is 0. The van der Waals surface area contributed by atoms with Gasteiger partial charge in [0.1, 0.15) is 7.11 Å². The molecule has 1 aliphatic carbocycles. The molecule has 0 aromatic rings. The first-order chi connectivity index (χ1) is 9.45. The van der Waals surface area contributed by atoms with Gasteiger partial charge in [-0.05, 0) is 43.8 Å². The quantitative estimate of drug-likeness (QED) is 0.791. The lowest BCUT2D eigenvalue weighted by atomic mass is 9.79. The number of rotatable bonds is 2. The molecule has 2 rings (SSSR count). The Hall–Kier alpha value is -0.870. The summed E-state index contributed by atoms with van der Waals surface area (Å²) in [7, 11) is 1.58. The van der Waals surface area contributed by atoms with Gasteiger partial charge in [-0.3, -0.25) is 4.90 Å². The van der Waals surface area contributed by atoms with Crippen LogP contribution in [0.5, 0.6) is 0 Å². The zero-order valence-electron chi connectivity index (χ0n) is 13.2. The van der Waals surface area contributed by atoms with E-state index in [4.69, 9.17) is 4.84 Å². The summed E-state index contributed by atoms with van der Waals surface area (Å²) in [5, 5.41) is 15.0. The maximum absolute atomic E-state index is 10.9. The lowest BCUT2D eigenvalue weighted by Crippen LogP contribution is -2.50. The number of aliphatic hydroxyl groups excluding tert-OH is 1. The molecule has 2 aliphatic rings. The molecule has 0 radical (unpaired) electrons. The fourth-order valence-electron chi connectivity index (χ4n) is 3.32. The smallest absolute Gasteiger partial charge is 0.106 e. The van der Waals surface area contributed by atoms with Crippen molar-refractivity contribution in [3.8, 4) is 0 Å². The molecule has 1 aliphatic heterocycles. The Morgan fingerprint density at radius 2 is 1.95 bits per heavy atom. The van der Waals surface area contributed by atoms with Gasteiger partial charge in [-0.15, -0.1) is 0 Å². The van der Waals surface area contributed by atoms with Crippen LogP contribution >= 0.6 is 0 Å². The van der Waals surface area contributed by atoms with E-state index in [1.165, 1.54) is 19.3 Å². The van der Waals surface area contributed by atoms with Crippen LogP contribution in [-0.4, -0.2) is 48.1 Å². The molecular weight excluding hydrogens is 252 g/mol. The monoisotopic (exact) mass is 280 g/mol. The number of likely N-dealkylation sites (tertiary alicyclic amines) is 1. The second-order valence-corrected chi connectivity index (χ2v) is 6.77. The number of piperidine rings is 1. The van der Waals surface area contributed by atoms with Gasteiger partial charge in [-0.2, -0.15) is 0 Å². The zero-order valence-corrected chi connectivity index (χ0v) is 13.2. The van der Waals surface area contributed by atoms with Crippen LogP contribution in [0, 0.1) is 5.41 Å². The predicted molar refractivity (Wildman–Crippen MR) is 81.8 cm³/mol. The molecule has 4 nitrogen and oxygen atoms in total. The lowest BCUT2D eigenvalue weighted by molar-refractivity contribution is -0.0106. The molecule has 1 N–H and O–H groups in total. The van der Waals surface area contributed by atoms with Crippen molar-refractivity contribution < 1.29 is 9.94 Å². The third kappa shape index (κ3) is 3.23. The molecule has 0 aromatic carbocycles. The van der Waals surface area contributed by atoms with Gasteiger partial charge < -0.3 is 9.94 Å². The van der Waals surface area contributed by atoms with E-state index in [1.54, 1.807) is 7.11 Å². The van der Waals surface area contributed by atoms with Crippen molar-refractivity contribution in [3.05, 3.63) is 11.6 Å². The molecule has 1 heterocycles. The van der Waals surface area contributed by atoms with E-state index >= 15 is 0 Å². The zero-order chi connectivity index (χ0) is 14.8. The Morgan fingerprint density at radius 1 is 1.30 bits per heavy atom. The first kappa shape index (κ1) is 15.5. The molecule has 1 fully saturated rings. The minimum atomic E-state index is -0.375. The second-order valence-electron chi connectivity index (χ2n) is 6.77. The molecule has 0 spiro atoms. The molecule has 114 valence electrons. The highest BCUT2D eigenvalue weighted by Crippen LogP contribution is 2.35. The van der Waals surface area contributed by atoms with Crippen molar-refractivity contribution in [1.82, 2.24) is 4.90 Å². The summed E-state index contributed by atoms with van der Waals surface area (Å²) >= 11 is 0. The minimum absolute atomic E-state index is 0.0925. The van der Waals surface area contributed by atoms with Crippen molar-refractivity contribution in [3.63, 3.8) is 0 Å². The van der Waals surface area contributed by atoms with E-state index in [0.29, 0.717) is 0 Å². The fraction of sp³-hybridized carbons (Fsp3) is 0.812. The summed E-state index contributed by atoms with van der Waals surface area (Å²) in [5.74, 6) is 0. The van der Waals surface area contributed by atoms with Gasteiger partial charge in [0.25, 0.3) is 0 Å². The van der Waals surface area contributed by atoms with E-state index < -0.39 is 0 Å². The van der Waals surface area contributed by atoms with Crippen LogP contribution in [0.15, 0.2) is 16.8 Å². The Labute approximate surface area is 122 Å². The SMILES string of the molecule is CON=C1CC(C)(C)C(O)C(N2CCCCC2)C=C1C. The van der Waals surface area contributed by atoms with E-state index in [1.807, 2.05) is 0 Å². The van der Waals surface area contributed by atoms with E-state index in [9.17, 15) is 5.11 Å². The fourth-order valence-corrected chi connectivity index (χ4v) is 3.32. The van der Waals surface area contributed by atoms with Gasteiger partial charge in [-0.1, -0.05) is 31.5 Å². The average molecular weight is 280 g/mol. The molecule has 1 saturated heterocycles. The van der Waals surface area contributed by atoms with Crippen molar-refractivity contribution >= 4 is 5.71 Å². The number of aliphatic hydroxyl groups is 1. The number of hydrogen-bond acceptors (Lipinski definition) is 4. The largest absolute Gasteiger partial charge is 0.399 e. The van der Waals surface area contributed by atoms with Crippen molar-refractivity contribution in [1.29, 1.82) is 0 Å². The van der Waals surface area contributed by atoms with E-state index in [-0.39, 0.29) is 17.6 Å². The van der Waals surface area contributed by atoms with Crippen molar-refractivity contribution in [2.45, 2.75) is 58.6 Å². The van der Waals surface area contributed by atoms with Crippen LogP contribution in [0.3, 0.4) is 0 Å². The summed E-state index contributed by atoms with van der Waals surface area (Å²) in [5.41, 5.74) is 1.89. The average Bonchev–Trinajstić information content (AvgIpc) is 2.51. The maximum atomic E-state index is 10.9. The van der Waals surface area contributed by atoms with E-state index in [2.05, 4.69) is 36.9 Å². The van der Waals surface area contributed by atoms with Gasteiger partial charge in [0.15, 0.2) is 0 Å². The van der Waals surface area contributed by atoms with Crippen molar-refractivity contribution in [2.75, 3.05) is 20.2 Å². The Morgan fingerprint density at radius 3 is 2.55 bits per heavy atom.